The van der Waals surface area contributed by atoms with E-state index in [1.807, 2.05) is 13.8 Å². The monoisotopic (exact) mass is 298 g/mol. The molecule has 0 spiro atoms. The highest BCUT2D eigenvalue weighted by atomic mass is 19.4. The van der Waals surface area contributed by atoms with Crippen LogP contribution < -0.4 is 0 Å². The van der Waals surface area contributed by atoms with Crippen LogP contribution in [0.2, 0.25) is 0 Å². The number of aromatic nitrogens is 2. The first kappa shape index (κ1) is 15.5. The van der Waals surface area contributed by atoms with E-state index in [1.165, 1.54) is 6.07 Å². The van der Waals surface area contributed by atoms with Gasteiger partial charge in [-0.2, -0.15) is 13.2 Å². The van der Waals surface area contributed by atoms with Crippen molar-refractivity contribution in [2.45, 2.75) is 45.2 Å². The molecule has 0 aliphatic carbocycles. The van der Waals surface area contributed by atoms with Crippen LogP contribution in [-0.4, -0.2) is 21.3 Å². The van der Waals surface area contributed by atoms with Gasteiger partial charge in [-0.3, -0.25) is 0 Å². The molecule has 0 fully saturated rings. The molecule has 114 valence electrons. The first-order chi connectivity index (χ1) is 9.78. The van der Waals surface area contributed by atoms with Crippen molar-refractivity contribution in [1.82, 2.24) is 9.97 Å². The van der Waals surface area contributed by atoms with Crippen LogP contribution in [0.5, 0.6) is 5.75 Å². The molecule has 0 atom stereocenters. The lowest BCUT2D eigenvalue weighted by Gasteiger charge is -2.12. The minimum absolute atomic E-state index is 0.00446. The standard InChI is InChI=1S/C15H17F3N2O/c1-9(2)14-19-10-5-3-7-12(21)13(10)11(20-14)6-4-8-15(16,17)18/h3,5,7,9,21H,4,6,8H2,1-2H3. The molecule has 3 nitrogen and oxygen atoms in total. The van der Waals surface area contributed by atoms with E-state index in [0.717, 1.165) is 0 Å². The second-order valence-electron chi connectivity index (χ2n) is 5.32. The van der Waals surface area contributed by atoms with Crippen molar-refractivity contribution in [3.63, 3.8) is 0 Å². The van der Waals surface area contributed by atoms with E-state index in [2.05, 4.69) is 9.97 Å². The van der Waals surface area contributed by atoms with Crippen molar-refractivity contribution >= 4 is 10.9 Å². The molecule has 1 N–H and O–H groups in total. The molecular weight excluding hydrogens is 281 g/mol. The first-order valence-electron chi connectivity index (χ1n) is 6.83. The van der Waals surface area contributed by atoms with Crippen LogP contribution in [0, 0.1) is 0 Å². The molecule has 0 radical (unpaired) electrons. The number of hydrogen-bond donors (Lipinski definition) is 1. The van der Waals surface area contributed by atoms with E-state index >= 15 is 0 Å². The topological polar surface area (TPSA) is 46.0 Å². The zero-order chi connectivity index (χ0) is 15.6. The Balaban J connectivity index is 2.39. The van der Waals surface area contributed by atoms with Crippen molar-refractivity contribution in [1.29, 1.82) is 0 Å². The van der Waals surface area contributed by atoms with Crippen molar-refractivity contribution in [3.05, 3.63) is 29.7 Å². The zero-order valence-corrected chi connectivity index (χ0v) is 11.9. The van der Waals surface area contributed by atoms with Gasteiger partial charge in [-0.25, -0.2) is 9.97 Å². The summed E-state index contributed by atoms with van der Waals surface area (Å²) >= 11 is 0. The molecule has 2 aromatic rings. The molecule has 0 unspecified atom stereocenters. The third-order valence-corrected chi connectivity index (χ3v) is 3.18. The molecule has 1 aromatic carbocycles. The predicted octanol–water partition coefficient (Wildman–Crippen LogP) is 4.34. The summed E-state index contributed by atoms with van der Waals surface area (Å²) in [6.07, 6.45) is -4.92. The maximum absolute atomic E-state index is 12.3. The fourth-order valence-corrected chi connectivity index (χ4v) is 2.16. The van der Waals surface area contributed by atoms with Crippen LogP contribution in [0.4, 0.5) is 13.2 Å². The van der Waals surface area contributed by atoms with E-state index in [4.69, 9.17) is 0 Å². The van der Waals surface area contributed by atoms with Gasteiger partial charge in [-0.05, 0) is 25.0 Å². The number of phenols is 1. The maximum Gasteiger partial charge on any atom is 0.389 e. The first-order valence-corrected chi connectivity index (χ1v) is 6.83. The van der Waals surface area contributed by atoms with Crippen LogP contribution in [0.1, 0.15) is 44.1 Å². The van der Waals surface area contributed by atoms with Crippen LogP contribution in [0.25, 0.3) is 10.9 Å². The predicted molar refractivity (Wildman–Crippen MR) is 74.3 cm³/mol. The summed E-state index contributed by atoms with van der Waals surface area (Å²) in [4.78, 5) is 8.70. The number of fused-ring (bicyclic) bond motifs is 1. The summed E-state index contributed by atoms with van der Waals surface area (Å²) in [5, 5.41) is 10.4. The van der Waals surface area contributed by atoms with Crippen molar-refractivity contribution in [2.24, 2.45) is 0 Å². The van der Waals surface area contributed by atoms with Crippen molar-refractivity contribution in [3.8, 4) is 5.75 Å². The molecule has 0 amide bonds. The van der Waals surface area contributed by atoms with Gasteiger partial charge >= 0.3 is 6.18 Å². The Morgan fingerprint density at radius 3 is 2.52 bits per heavy atom. The number of phenolic OH excluding ortho intramolecular Hbond substituents is 1. The second-order valence-corrected chi connectivity index (χ2v) is 5.32. The molecule has 6 heteroatoms. The summed E-state index contributed by atoms with van der Waals surface area (Å²) in [6, 6.07) is 4.89. The Morgan fingerprint density at radius 2 is 1.90 bits per heavy atom. The van der Waals surface area contributed by atoms with E-state index in [9.17, 15) is 18.3 Å². The summed E-state index contributed by atoms with van der Waals surface area (Å²) < 4.78 is 36.8. The van der Waals surface area contributed by atoms with E-state index in [-0.39, 0.29) is 24.5 Å². The van der Waals surface area contributed by atoms with Gasteiger partial charge in [-0.1, -0.05) is 19.9 Å². The van der Waals surface area contributed by atoms with Crippen LogP contribution in [0.15, 0.2) is 18.2 Å². The fraction of sp³-hybridized carbons (Fsp3) is 0.467. The average Bonchev–Trinajstić information content (AvgIpc) is 2.36. The van der Waals surface area contributed by atoms with E-state index < -0.39 is 12.6 Å². The van der Waals surface area contributed by atoms with Crippen LogP contribution in [0.3, 0.4) is 0 Å². The lowest BCUT2D eigenvalue weighted by atomic mass is 10.1. The minimum atomic E-state index is -4.17. The average molecular weight is 298 g/mol. The minimum Gasteiger partial charge on any atom is -0.507 e. The SMILES string of the molecule is CC(C)c1nc(CCCC(F)(F)F)c2c(O)cccc2n1. The number of aromatic hydroxyl groups is 1. The molecule has 1 heterocycles. The molecule has 0 bridgehead atoms. The normalized spacial score (nSPS) is 12.3. The molecule has 21 heavy (non-hydrogen) atoms. The zero-order valence-electron chi connectivity index (χ0n) is 11.9. The largest absolute Gasteiger partial charge is 0.507 e. The van der Waals surface area contributed by atoms with Gasteiger partial charge in [0.25, 0.3) is 0 Å². The number of aryl methyl sites for hydroxylation is 1. The fourth-order valence-electron chi connectivity index (χ4n) is 2.16. The number of alkyl halides is 3. The van der Waals surface area contributed by atoms with Crippen molar-refractivity contribution < 1.29 is 18.3 Å². The van der Waals surface area contributed by atoms with Gasteiger partial charge in [-0.15, -0.1) is 0 Å². The number of nitrogens with zero attached hydrogens (tertiary/aromatic N) is 2. The maximum atomic E-state index is 12.3. The number of hydrogen-bond acceptors (Lipinski definition) is 3. The summed E-state index contributed by atoms with van der Waals surface area (Å²) in [5.41, 5.74) is 1.04. The van der Waals surface area contributed by atoms with Gasteiger partial charge in [0.05, 0.1) is 16.6 Å². The van der Waals surface area contributed by atoms with Crippen molar-refractivity contribution in [2.75, 3.05) is 0 Å². The molecule has 2 rings (SSSR count). The Kier molecular flexibility index (Phi) is 4.34. The quantitative estimate of drug-likeness (QED) is 0.913. The molecule has 1 aromatic heterocycles. The highest BCUT2D eigenvalue weighted by Crippen LogP contribution is 2.29. The van der Waals surface area contributed by atoms with Gasteiger partial charge < -0.3 is 5.11 Å². The summed E-state index contributed by atoms with van der Waals surface area (Å²) in [6.45, 7) is 3.84. The Morgan fingerprint density at radius 1 is 1.19 bits per heavy atom. The molecule has 0 saturated heterocycles. The smallest absolute Gasteiger partial charge is 0.389 e. The second kappa shape index (κ2) is 5.87. The van der Waals surface area contributed by atoms with Crippen LogP contribution in [-0.2, 0) is 6.42 Å². The summed E-state index contributed by atoms with van der Waals surface area (Å²) in [7, 11) is 0. The number of halogens is 3. The van der Waals surface area contributed by atoms with Gasteiger partial charge in [0, 0.05) is 12.3 Å². The van der Waals surface area contributed by atoms with E-state index in [0.29, 0.717) is 22.4 Å². The van der Waals surface area contributed by atoms with E-state index in [1.54, 1.807) is 12.1 Å². The lowest BCUT2D eigenvalue weighted by Crippen LogP contribution is -2.09. The van der Waals surface area contributed by atoms with Gasteiger partial charge in [0.15, 0.2) is 0 Å². The number of rotatable bonds is 4. The number of benzene rings is 1. The molecular formula is C15H17F3N2O. The lowest BCUT2D eigenvalue weighted by molar-refractivity contribution is -0.135. The molecule has 0 saturated carbocycles. The third-order valence-electron chi connectivity index (χ3n) is 3.18. The highest BCUT2D eigenvalue weighted by Gasteiger charge is 2.26. The van der Waals surface area contributed by atoms with Gasteiger partial charge in [0.1, 0.15) is 11.6 Å². The Hall–Kier alpha value is -1.85. The Bertz CT molecular complexity index is 639. The van der Waals surface area contributed by atoms with Crippen LogP contribution >= 0.6 is 0 Å². The summed E-state index contributed by atoms with van der Waals surface area (Å²) in [5.74, 6) is 0.651. The molecule has 0 aliphatic heterocycles. The highest BCUT2D eigenvalue weighted by molar-refractivity contribution is 5.87. The Labute approximate surface area is 120 Å². The van der Waals surface area contributed by atoms with Gasteiger partial charge in [0.2, 0.25) is 0 Å². The molecule has 0 aliphatic rings. The third kappa shape index (κ3) is 3.83.